The fraction of sp³-hybridized carbons (Fsp3) is 0.588. The van der Waals surface area contributed by atoms with Gasteiger partial charge in [-0.3, -0.25) is 5.41 Å². The summed E-state index contributed by atoms with van der Waals surface area (Å²) in [7, 11) is 0. The minimum absolute atomic E-state index is 0.126. The van der Waals surface area contributed by atoms with E-state index in [1.54, 1.807) is 0 Å². The maximum absolute atomic E-state index is 8.49. The summed E-state index contributed by atoms with van der Waals surface area (Å²) in [5, 5.41) is 12.2. The van der Waals surface area contributed by atoms with Gasteiger partial charge in [-0.2, -0.15) is 0 Å². The zero-order valence-corrected chi connectivity index (χ0v) is 13.0. The Morgan fingerprint density at radius 3 is 2.30 bits per heavy atom. The third-order valence-electron chi connectivity index (χ3n) is 4.51. The van der Waals surface area contributed by atoms with Gasteiger partial charge in [0.15, 0.2) is 0 Å². The van der Waals surface area contributed by atoms with Crippen LogP contribution in [0.2, 0.25) is 0 Å². The van der Waals surface area contributed by atoms with E-state index in [1.165, 1.54) is 5.56 Å². The van der Waals surface area contributed by atoms with E-state index in [2.05, 4.69) is 56.1 Å². The zero-order valence-electron chi connectivity index (χ0n) is 13.0. The Balaban J connectivity index is 1.86. The standard InChI is InChI=1S/C17H25N3/c1-16(2)9-13(10-17(3,4)19-16)20-11-12-7-5-6-8-14(12)15(20)18/h5-8,13,18-19H,9-11H2,1-4H3. The van der Waals surface area contributed by atoms with Crippen molar-refractivity contribution < 1.29 is 0 Å². The van der Waals surface area contributed by atoms with Crippen LogP contribution in [-0.4, -0.2) is 27.9 Å². The summed E-state index contributed by atoms with van der Waals surface area (Å²) in [6.45, 7) is 9.98. The van der Waals surface area contributed by atoms with Crippen LogP contribution in [0.5, 0.6) is 0 Å². The van der Waals surface area contributed by atoms with Crippen LogP contribution in [0, 0.1) is 5.41 Å². The number of benzene rings is 1. The summed E-state index contributed by atoms with van der Waals surface area (Å²) < 4.78 is 0. The molecular formula is C17H25N3. The Morgan fingerprint density at radius 2 is 1.70 bits per heavy atom. The van der Waals surface area contributed by atoms with Crippen LogP contribution >= 0.6 is 0 Å². The highest BCUT2D eigenvalue weighted by Gasteiger charge is 2.42. The van der Waals surface area contributed by atoms with Gasteiger partial charge in [0.2, 0.25) is 0 Å². The molecule has 0 spiro atoms. The Kier molecular flexibility index (Phi) is 2.94. The lowest BCUT2D eigenvalue weighted by Crippen LogP contribution is -2.62. The van der Waals surface area contributed by atoms with Crippen molar-refractivity contribution in [1.82, 2.24) is 10.2 Å². The molecule has 108 valence electrons. The lowest BCUT2D eigenvalue weighted by Gasteiger charge is -2.49. The first-order valence-corrected chi connectivity index (χ1v) is 7.50. The first-order chi connectivity index (χ1) is 9.27. The van der Waals surface area contributed by atoms with Crippen molar-refractivity contribution in [3.63, 3.8) is 0 Å². The van der Waals surface area contributed by atoms with Gasteiger partial charge in [0, 0.05) is 29.2 Å². The van der Waals surface area contributed by atoms with Crippen LogP contribution in [0.1, 0.15) is 51.7 Å². The van der Waals surface area contributed by atoms with Crippen LogP contribution < -0.4 is 5.32 Å². The second-order valence-corrected chi connectivity index (χ2v) is 7.59. The molecule has 0 bridgehead atoms. The average Bonchev–Trinajstić information content (AvgIpc) is 2.64. The van der Waals surface area contributed by atoms with Gasteiger partial charge in [0.05, 0.1) is 0 Å². The van der Waals surface area contributed by atoms with E-state index < -0.39 is 0 Å². The zero-order chi connectivity index (χ0) is 14.5. The van der Waals surface area contributed by atoms with Crippen molar-refractivity contribution in [1.29, 1.82) is 5.41 Å². The molecule has 20 heavy (non-hydrogen) atoms. The molecule has 3 heteroatoms. The molecule has 0 saturated carbocycles. The highest BCUT2D eigenvalue weighted by atomic mass is 15.2. The molecule has 0 radical (unpaired) electrons. The van der Waals surface area contributed by atoms with E-state index in [4.69, 9.17) is 5.41 Å². The molecule has 3 rings (SSSR count). The molecule has 2 aliphatic rings. The molecule has 0 aliphatic carbocycles. The highest BCUT2D eigenvalue weighted by molar-refractivity contribution is 6.00. The van der Waals surface area contributed by atoms with Crippen molar-refractivity contribution in [3.05, 3.63) is 35.4 Å². The van der Waals surface area contributed by atoms with Gasteiger partial charge >= 0.3 is 0 Å². The second kappa shape index (κ2) is 4.32. The minimum Gasteiger partial charge on any atom is -0.349 e. The molecule has 0 atom stereocenters. The Hall–Kier alpha value is -1.35. The van der Waals surface area contributed by atoms with Crippen LogP contribution in [-0.2, 0) is 6.54 Å². The Morgan fingerprint density at radius 1 is 1.10 bits per heavy atom. The van der Waals surface area contributed by atoms with Gasteiger partial charge in [0.25, 0.3) is 0 Å². The van der Waals surface area contributed by atoms with Crippen LogP contribution in [0.25, 0.3) is 0 Å². The molecule has 2 heterocycles. The predicted molar refractivity (Wildman–Crippen MR) is 83.1 cm³/mol. The number of amidine groups is 1. The van der Waals surface area contributed by atoms with Gasteiger partial charge in [-0.1, -0.05) is 24.3 Å². The maximum atomic E-state index is 8.49. The topological polar surface area (TPSA) is 39.1 Å². The van der Waals surface area contributed by atoms with Crippen LogP contribution in [0.4, 0.5) is 0 Å². The summed E-state index contributed by atoms with van der Waals surface area (Å²) in [5.74, 6) is 0.708. The summed E-state index contributed by atoms with van der Waals surface area (Å²) in [6, 6.07) is 8.79. The molecule has 1 saturated heterocycles. The SMILES string of the molecule is CC1(C)CC(N2Cc3ccccc3C2=N)CC(C)(C)N1. The van der Waals surface area contributed by atoms with Crippen LogP contribution in [0.3, 0.4) is 0 Å². The minimum atomic E-state index is 0.126. The average molecular weight is 271 g/mol. The number of nitrogens with one attached hydrogen (secondary N) is 2. The molecule has 1 aromatic carbocycles. The second-order valence-electron chi connectivity index (χ2n) is 7.59. The molecule has 3 nitrogen and oxygen atoms in total. The first-order valence-electron chi connectivity index (χ1n) is 7.50. The van der Waals surface area contributed by atoms with Gasteiger partial charge in [-0.15, -0.1) is 0 Å². The normalized spacial score (nSPS) is 24.8. The smallest absolute Gasteiger partial charge is 0.128 e. The summed E-state index contributed by atoms with van der Waals surface area (Å²) >= 11 is 0. The van der Waals surface area contributed by atoms with Crippen molar-refractivity contribution in [2.45, 2.75) is 64.2 Å². The number of hydrogen-bond donors (Lipinski definition) is 2. The molecule has 1 aromatic rings. The van der Waals surface area contributed by atoms with Crippen molar-refractivity contribution in [2.75, 3.05) is 0 Å². The number of hydrogen-bond acceptors (Lipinski definition) is 2. The fourth-order valence-corrected chi connectivity index (χ4v) is 4.11. The van der Waals surface area contributed by atoms with E-state index in [0.717, 1.165) is 24.9 Å². The van der Waals surface area contributed by atoms with E-state index >= 15 is 0 Å². The molecule has 2 N–H and O–H groups in total. The Bertz CT molecular complexity index is 529. The molecule has 2 aliphatic heterocycles. The number of nitrogens with zero attached hydrogens (tertiary/aromatic N) is 1. The summed E-state index contributed by atoms with van der Waals surface area (Å²) in [6.07, 6.45) is 2.18. The third kappa shape index (κ3) is 2.35. The van der Waals surface area contributed by atoms with Crippen molar-refractivity contribution in [3.8, 4) is 0 Å². The first kappa shape index (κ1) is 13.6. The van der Waals surface area contributed by atoms with Gasteiger partial charge in [0.1, 0.15) is 5.84 Å². The van der Waals surface area contributed by atoms with Crippen molar-refractivity contribution in [2.24, 2.45) is 0 Å². The molecule has 1 fully saturated rings. The number of rotatable bonds is 1. The fourth-order valence-electron chi connectivity index (χ4n) is 4.11. The van der Waals surface area contributed by atoms with Gasteiger partial charge in [-0.05, 0) is 46.1 Å². The lowest BCUT2D eigenvalue weighted by molar-refractivity contribution is 0.103. The van der Waals surface area contributed by atoms with E-state index in [-0.39, 0.29) is 11.1 Å². The third-order valence-corrected chi connectivity index (χ3v) is 4.51. The highest BCUT2D eigenvalue weighted by Crippen LogP contribution is 2.35. The van der Waals surface area contributed by atoms with Crippen LogP contribution in [0.15, 0.2) is 24.3 Å². The lowest BCUT2D eigenvalue weighted by atomic mass is 9.79. The number of piperidine rings is 1. The molecular weight excluding hydrogens is 246 g/mol. The molecule has 0 unspecified atom stereocenters. The van der Waals surface area contributed by atoms with Crippen molar-refractivity contribution >= 4 is 5.84 Å². The number of fused-ring (bicyclic) bond motifs is 1. The van der Waals surface area contributed by atoms with E-state index in [1.807, 2.05) is 6.07 Å². The maximum Gasteiger partial charge on any atom is 0.128 e. The largest absolute Gasteiger partial charge is 0.349 e. The molecule has 0 amide bonds. The quantitative estimate of drug-likeness (QED) is 0.823. The van der Waals surface area contributed by atoms with Gasteiger partial charge < -0.3 is 10.2 Å². The summed E-state index contributed by atoms with van der Waals surface area (Å²) in [4.78, 5) is 2.30. The monoisotopic (exact) mass is 271 g/mol. The Labute approximate surface area is 121 Å². The molecule has 0 aromatic heterocycles. The predicted octanol–water partition coefficient (Wildman–Crippen LogP) is 3.14. The van der Waals surface area contributed by atoms with Gasteiger partial charge in [-0.25, -0.2) is 0 Å². The summed E-state index contributed by atoms with van der Waals surface area (Å²) in [5.41, 5.74) is 2.66. The van der Waals surface area contributed by atoms with E-state index in [9.17, 15) is 0 Å². The van der Waals surface area contributed by atoms with E-state index in [0.29, 0.717) is 11.9 Å².